The number of hydrogen-bond acceptors (Lipinski definition) is 8. The third-order valence-electron chi connectivity index (χ3n) is 4.52. The number of alkyl carbamates (subject to hydrolysis) is 1. The minimum atomic E-state index is -1.72. The third-order valence-corrected chi connectivity index (χ3v) is 5.51. The number of guanidine groups is 1. The quantitative estimate of drug-likeness (QED) is 0.343. The number of halogens is 4. The molecule has 0 bridgehead atoms. The van der Waals surface area contributed by atoms with Gasteiger partial charge in [0.1, 0.15) is 12.7 Å². The fourth-order valence-corrected chi connectivity index (χ4v) is 4.23. The molecule has 0 aromatic carbocycles. The van der Waals surface area contributed by atoms with E-state index in [9.17, 15) is 9.90 Å². The van der Waals surface area contributed by atoms with Crippen LogP contribution in [0.5, 0.6) is 0 Å². The van der Waals surface area contributed by atoms with E-state index in [2.05, 4.69) is 43.5 Å². The van der Waals surface area contributed by atoms with Gasteiger partial charge in [0.25, 0.3) is 0 Å². The van der Waals surface area contributed by atoms with Crippen molar-refractivity contribution < 1.29 is 14.6 Å². The van der Waals surface area contributed by atoms with Crippen LogP contribution in [0.2, 0.25) is 0 Å². The Labute approximate surface area is 173 Å². The first-order valence-corrected chi connectivity index (χ1v) is 9.93. The van der Waals surface area contributed by atoms with Gasteiger partial charge in [-0.2, -0.15) is 0 Å². The van der Waals surface area contributed by atoms with E-state index >= 15 is 0 Å². The highest BCUT2D eigenvalue weighted by molar-refractivity contribution is 9.09. The van der Waals surface area contributed by atoms with Gasteiger partial charge in [0.15, 0.2) is 5.66 Å². The van der Waals surface area contributed by atoms with Crippen molar-refractivity contribution in [2.45, 2.75) is 33.7 Å². The van der Waals surface area contributed by atoms with Crippen molar-refractivity contribution in [1.82, 2.24) is 20.9 Å². The first-order chi connectivity index (χ1) is 12.1. The molecule has 2 fully saturated rings. The van der Waals surface area contributed by atoms with E-state index in [-0.39, 0.29) is 24.6 Å². The lowest BCUT2D eigenvalue weighted by atomic mass is 9.89. The number of nitrogens with zero attached hydrogens (tertiary/aromatic N) is 2. The molecule has 2 saturated heterocycles. The Kier molecular flexibility index (Phi) is 5.46. The predicted molar refractivity (Wildman–Crippen MR) is 102 cm³/mol. The smallest absolute Gasteiger partial charge is 0.414 e. The van der Waals surface area contributed by atoms with Crippen molar-refractivity contribution >= 4 is 62.8 Å². The molecule has 3 aliphatic rings. The summed E-state index contributed by atoms with van der Waals surface area (Å²) in [4.78, 5) is 18.3. The third kappa shape index (κ3) is 3.43. The van der Waals surface area contributed by atoms with Crippen LogP contribution < -0.4 is 21.7 Å². The zero-order valence-corrected chi connectivity index (χ0v) is 17.2. The number of ether oxygens (including phenoxy) is 1. The van der Waals surface area contributed by atoms with Crippen LogP contribution in [-0.4, -0.2) is 74.2 Å². The lowest BCUT2D eigenvalue weighted by Gasteiger charge is -2.47. The summed E-state index contributed by atoms with van der Waals surface area (Å²) in [7, 11) is 0. The van der Waals surface area contributed by atoms with Crippen LogP contribution in [0.1, 0.15) is 0 Å². The zero-order valence-electron chi connectivity index (χ0n) is 13.4. The molecule has 0 radical (unpaired) electrons. The highest BCUT2D eigenvalue weighted by atomic mass is 79.9. The number of carbonyl (C=O) groups excluding carboxylic acids is 1. The molecular weight excluding hydrogens is 474 g/mol. The van der Waals surface area contributed by atoms with Crippen molar-refractivity contribution in [2.24, 2.45) is 10.7 Å². The van der Waals surface area contributed by atoms with Gasteiger partial charge >= 0.3 is 6.09 Å². The van der Waals surface area contributed by atoms with Crippen LogP contribution in [0.15, 0.2) is 17.4 Å². The van der Waals surface area contributed by atoms with E-state index < -0.39 is 34.3 Å². The molecule has 0 aromatic rings. The molecule has 0 unspecified atom stereocenters. The van der Waals surface area contributed by atoms with Gasteiger partial charge in [0, 0.05) is 11.9 Å². The second-order valence-corrected chi connectivity index (χ2v) is 9.42. The standard InChI is InChI=1S/C13H18BrCl3N6O3/c1-5-19-8-7(2-14)20-10(21-11(25)26-4-12(15,16)17)23-3-6(18)9(24)13(8,23)22-5/h6-9,19,22,24H,1-4,18H2,(H,20,21,25)/t6-,7-,8-,9-,13-/m0/s1. The molecule has 146 valence electrons. The first kappa shape index (κ1) is 20.1. The van der Waals surface area contributed by atoms with E-state index in [0.29, 0.717) is 11.2 Å². The normalized spacial score (nSPS) is 35.8. The maximum atomic E-state index is 12.1. The second kappa shape index (κ2) is 7.06. The molecule has 1 amide bonds. The minimum absolute atomic E-state index is 0.205. The van der Waals surface area contributed by atoms with E-state index in [1.807, 2.05) is 0 Å². The lowest BCUT2D eigenvalue weighted by molar-refractivity contribution is 0.0167. The maximum absolute atomic E-state index is 12.1. The summed E-state index contributed by atoms with van der Waals surface area (Å²) in [6.07, 6.45) is -1.76. The number of nitrogens with one attached hydrogen (secondary N) is 3. The zero-order chi connectivity index (χ0) is 19.3. The van der Waals surface area contributed by atoms with Crippen LogP contribution in [-0.2, 0) is 4.74 Å². The summed E-state index contributed by atoms with van der Waals surface area (Å²) < 4.78 is 3.17. The van der Waals surface area contributed by atoms with Crippen molar-refractivity contribution in [1.29, 1.82) is 0 Å². The Morgan fingerprint density at radius 2 is 2.31 bits per heavy atom. The Bertz CT molecular complexity index is 647. The molecule has 6 N–H and O–H groups in total. The molecule has 9 nitrogen and oxygen atoms in total. The lowest BCUT2D eigenvalue weighted by Crippen LogP contribution is -2.73. The van der Waals surface area contributed by atoms with Gasteiger partial charge in [-0.05, 0) is 0 Å². The Morgan fingerprint density at radius 1 is 1.62 bits per heavy atom. The fraction of sp³-hybridized carbons (Fsp3) is 0.692. The predicted octanol–water partition coefficient (Wildman–Crippen LogP) is -0.0514. The van der Waals surface area contributed by atoms with Gasteiger partial charge < -0.3 is 31.1 Å². The Hall–Kier alpha value is -0.650. The summed E-state index contributed by atoms with van der Waals surface area (Å²) >= 11 is 20.2. The van der Waals surface area contributed by atoms with Gasteiger partial charge in [0.2, 0.25) is 9.75 Å². The topological polar surface area (TPSA) is 124 Å². The minimum Gasteiger partial charge on any atom is -0.445 e. The monoisotopic (exact) mass is 490 g/mol. The Balaban J connectivity index is 1.86. The number of alkyl halides is 4. The molecule has 0 aliphatic carbocycles. The van der Waals surface area contributed by atoms with E-state index in [1.54, 1.807) is 4.90 Å². The average Bonchev–Trinajstić information content (AvgIpc) is 3.02. The number of aliphatic hydroxyl groups is 1. The molecule has 13 heteroatoms. The Morgan fingerprint density at radius 3 is 2.92 bits per heavy atom. The van der Waals surface area contributed by atoms with Gasteiger partial charge in [-0.3, -0.25) is 5.32 Å². The average molecular weight is 493 g/mol. The van der Waals surface area contributed by atoms with Crippen molar-refractivity contribution in [3.63, 3.8) is 0 Å². The van der Waals surface area contributed by atoms with Crippen LogP contribution in [0.4, 0.5) is 4.79 Å². The van der Waals surface area contributed by atoms with E-state index in [4.69, 9.17) is 45.3 Å². The molecule has 3 rings (SSSR count). The van der Waals surface area contributed by atoms with Gasteiger partial charge in [-0.1, -0.05) is 57.3 Å². The van der Waals surface area contributed by atoms with Crippen LogP contribution in [0, 0.1) is 0 Å². The maximum Gasteiger partial charge on any atom is 0.414 e. The SMILES string of the molecule is C=C1N[C@H]2[C@H](CBr)N=C(NC(=O)OCC(Cl)(Cl)Cl)N3C[C@H](N)[C@H](O)[C@]23N1. The van der Waals surface area contributed by atoms with Gasteiger partial charge in [-0.15, -0.1) is 0 Å². The summed E-state index contributed by atoms with van der Waals surface area (Å²) in [5.41, 5.74) is 5.09. The van der Waals surface area contributed by atoms with Crippen molar-refractivity contribution in [3.05, 3.63) is 12.4 Å². The molecule has 0 saturated carbocycles. The highest BCUT2D eigenvalue weighted by Gasteiger charge is 2.65. The number of hydrogen-bond donors (Lipinski definition) is 5. The van der Waals surface area contributed by atoms with Crippen LogP contribution in [0.3, 0.4) is 0 Å². The van der Waals surface area contributed by atoms with E-state index in [0.717, 1.165) is 0 Å². The van der Waals surface area contributed by atoms with Gasteiger partial charge in [0.05, 0.1) is 23.9 Å². The van der Waals surface area contributed by atoms with Crippen molar-refractivity contribution in [2.75, 3.05) is 18.5 Å². The number of nitrogens with two attached hydrogens (primary N) is 1. The molecule has 3 heterocycles. The summed E-state index contributed by atoms with van der Waals surface area (Å²) in [6, 6.07) is -1.18. The second-order valence-electron chi connectivity index (χ2n) is 6.26. The number of aliphatic imine (C=N–C) groups is 1. The molecular formula is C13H18BrCl3N6O3. The highest BCUT2D eigenvalue weighted by Crippen LogP contribution is 2.39. The van der Waals surface area contributed by atoms with Crippen LogP contribution >= 0.6 is 50.7 Å². The first-order valence-electron chi connectivity index (χ1n) is 7.67. The van der Waals surface area contributed by atoms with Gasteiger partial charge in [-0.25, -0.2) is 9.79 Å². The number of amides is 1. The van der Waals surface area contributed by atoms with Crippen LogP contribution in [0.25, 0.3) is 0 Å². The fourth-order valence-electron chi connectivity index (χ4n) is 3.54. The summed E-state index contributed by atoms with van der Waals surface area (Å²) in [5, 5.41) is 20.2. The largest absolute Gasteiger partial charge is 0.445 e. The van der Waals surface area contributed by atoms with E-state index in [1.165, 1.54) is 0 Å². The molecule has 1 spiro atoms. The number of carbonyl (C=O) groups is 1. The molecule has 3 aliphatic heterocycles. The molecule has 26 heavy (non-hydrogen) atoms. The molecule has 0 aromatic heterocycles. The van der Waals surface area contributed by atoms with Crippen molar-refractivity contribution in [3.8, 4) is 0 Å². The number of aliphatic hydroxyl groups excluding tert-OH is 1. The number of rotatable bonds is 2. The summed E-state index contributed by atoms with van der Waals surface area (Å²) in [6.45, 7) is 3.72. The molecule has 5 atom stereocenters. The summed E-state index contributed by atoms with van der Waals surface area (Å²) in [5.74, 6) is 0.741.